The minimum absolute atomic E-state index is 0.461. The van der Waals surface area contributed by atoms with E-state index in [1.54, 1.807) is 0 Å². The van der Waals surface area contributed by atoms with Crippen LogP contribution in [-0.4, -0.2) is 29.1 Å². The van der Waals surface area contributed by atoms with Gasteiger partial charge in [-0.1, -0.05) is 6.92 Å². The maximum absolute atomic E-state index is 11.6. The van der Waals surface area contributed by atoms with Gasteiger partial charge in [0, 0.05) is 17.5 Å². The van der Waals surface area contributed by atoms with Crippen molar-refractivity contribution in [2.24, 2.45) is 5.41 Å². The number of carbonyl (C=O) groups is 1. The van der Waals surface area contributed by atoms with E-state index in [0.29, 0.717) is 6.04 Å². The molecule has 0 radical (unpaired) electrons. The molecule has 104 valence electrons. The Balaban J connectivity index is 1.81. The number of aryl methyl sites for hydroxylation is 1. The van der Waals surface area contributed by atoms with E-state index < -0.39 is 11.4 Å². The minimum Gasteiger partial charge on any atom is -0.481 e. The number of hydrogen-bond acceptors (Lipinski definition) is 3. The molecule has 2 atom stereocenters. The molecule has 1 aliphatic carbocycles. The molecule has 2 aliphatic rings. The molecular weight excluding hydrogens is 258 g/mol. The van der Waals surface area contributed by atoms with Gasteiger partial charge in [-0.3, -0.25) is 9.69 Å². The van der Waals surface area contributed by atoms with Crippen molar-refractivity contribution >= 4 is 17.3 Å². The molecule has 1 aromatic heterocycles. The average molecular weight is 279 g/mol. The number of hydrogen-bond donors (Lipinski definition) is 1. The van der Waals surface area contributed by atoms with Crippen LogP contribution >= 0.6 is 11.3 Å². The number of rotatable bonds is 3. The molecule has 0 aromatic carbocycles. The summed E-state index contributed by atoms with van der Waals surface area (Å²) in [5.41, 5.74) is 0.960. The highest BCUT2D eigenvalue weighted by Crippen LogP contribution is 2.43. The van der Waals surface area contributed by atoms with E-state index in [1.807, 2.05) is 18.3 Å². The second kappa shape index (κ2) is 4.91. The molecule has 1 saturated heterocycles. The standard InChI is InChI=1S/C15H21NO2S/c1-2-15(14(17)18)7-8-16(10-15)12-4-3-5-13-11(12)6-9-19-13/h6,9,12H,2-5,7-8,10H2,1H3,(H,17,18). The van der Waals surface area contributed by atoms with Gasteiger partial charge in [0.1, 0.15) is 0 Å². The molecule has 3 rings (SSSR count). The van der Waals surface area contributed by atoms with Gasteiger partial charge < -0.3 is 5.11 Å². The van der Waals surface area contributed by atoms with Crippen molar-refractivity contribution < 1.29 is 9.90 Å². The van der Waals surface area contributed by atoms with Crippen LogP contribution in [0.1, 0.15) is 49.1 Å². The molecule has 19 heavy (non-hydrogen) atoms. The summed E-state index contributed by atoms with van der Waals surface area (Å²) in [5, 5.41) is 11.7. The average Bonchev–Trinajstić information content (AvgIpc) is 3.05. The molecule has 0 amide bonds. The lowest BCUT2D eigenvalue weighted by Gasteiger charge is -2.32. The lowest BCUT2D eigenvalue weighted by molar-refractivity contribution is -0.148. The van der Waals surface area contributed by atoms with E-state index in [-0.39, 0.29) is 0 Å². The molecule has 0 spiro atoms. The fourth-order valence-electron chi connectivity index (χ4n) is 3.63. The van der Waals surface area contributed by atoms with E-state index in [4.69, 9.17) is 0 Å². The summed E-state index contributed by atoms with van der Waals surface area (Å²) >= 11 is 1.86. The van der Waals surface area contributed by atoms with Gasteiger partial charge in [0.25, 0.3) is 0 Å². The summed E-state index contributed by atoms with van der Waals surface area (Å²) in [6.45, 7) is 3.66. The molecule has 1 N–H and O–H groups in total. The highest BCUT2D eigenvalue weighted by atomic mass is 32.1. The number of thiophene rings is 1. The zero-order chi connectivity index (χ0) is 13.5. The van der Waals surface area contributed by atoms with Crippen molar-refractivity contribution in [1.82, 2.24) is 4.90 Å². The summed E-state index contributed by atoms with van der Waals surface area (Å²) in [6, 6.07) is 2.71. The van der Waals surface area contributed by atoms with Crippen molar-refractivity contribution in [2.45, 2.75) is 45.1 Å². The molecule has 4 heteroatoms. The van der Waals surface area contributed by atoms with Gasteiger partial charge in [0.15, 0.2) is 0 Å². The van der Waals surface area contributed by atoms with Gasteiger partial charge >= 0.3 is 5.97 Å². The van der Waals surface area contributed by atoms with Gasteiger partial charge in [-0.2, -0.15) is 0 Å². The first-order valence-corrected chi connectivity index (χ1v) is 8.08. The predicted molar refractivity (Wildman–Crippen MR) is 76.5 cm³/mol. The fourth-order valence-corrected chi connectivity index (χ4v) is 4.61. The third-order valence-corrected chi connectivity index (χ3v) is 5.97. The van der Waals surface area contributed by atoms with E-state index in [1.165, 1.54) is 29.7 Å². The summed E-state index contributed by atoms with van der Waals surface area (Å²) in [4.78, 5) is 15.5. The van der Waals surface area contributed by atoms with Crippen molar-refractivity contribution in [2.75, 3.05) is 13.1 Å². The first kappa shape index (κ1) is 13.1. The number of likely N-dealkylation sites (tertiary alicyclic amines) is 1. The number of fused-ring (bicyclic) bond motifs is 1. The number of carboxylic acid groups (broad SMARTS) is 1. The van der Waals surface area contributed by atoms with Gasteiger partial charge in [-0.15, -0.1) is 11.3 Å². The number of carboxylic acids is 1. The third-order valence-electron chi connectivity index (χ3n) is 4.97. The highest BCUT2D eigenvalue weighted by molar-refractivity contribution is 7.10. The SMILES string of the molecule is CCC1(C(=O)O)CCN(C2CCCc3sccc32)C1. The maximum atomic E-state index is 11.6. The molecule has 2 heterocycles. The van der Waals surface area contributed by atoms with Crippen LogP contribution in [0.3, 0.4) is 0 Å². The van der Waals surface area contributed by atoms with Crippen LogP contribution in [0.5, 0.6) is 0 Å². The zero-order valence-electron chi connectivity index (χ0n) is 11.4. The maximum Gasteiger partial charge on any atom is 0.310 e. The smallest absolute Gasteiger partial charge is 0.310 e. The van der Waals surface area contributed by atoms with E-state index in [9.17, 15) is 9.90 Å². The van der Waals surface area contributed by atoms with Crippen LogP contribution < -0.4 is 0 Å². The Morgan fingerprint density at radius 3 is 3.16 bits per heavy atom. The lowest BCUT2D eigenvalue weighted by atomic mass is 9.84. The van der Waals surface area contributed by atoms with Crippen LogP contribution in [0, 0.1) is 5.41 Å². The molecule has 1 aliphatic heterocycles. The largest absolute Gasteiger partial charge is 0.481 e. The van der Waals surface area contributed by atoms with Gasteiger partial charge in [0.2, 0.25) is 0 Å². The Morgan fingerprint density at radius 2 is 2.47 bits per heavy atom. The second-order valence-electron chi connectivity index (χ2n) is 5.87. The monoisotopic (exact) mass is 279 g/mol. The Bertz CT molecular complexity index is 484. The molecule has 0 saturated carbocycles. The summed E-state index contributed by atoms with van der Waals surface area (Å²) in [7, 11) is 0. The number of aliphatic carboxylic acids is 1. The quantitative estimate of drug-likeness (QED) is 0.922. The minimum atomic E-state index is -0.612. The Morgan fingerprint density at radius 1 is 1.63 bits per heavy atom. The van der Waals surface area contributed by atoms with Crippen molar-refractivity contribution in [3.8, 4) is 0 Å². The Labute approximate surface area is 118 Å². The number of nitrogens with zero attached hydrogens (tertiary/aromatic N) is 1. The van der Waals surface area contributed by atoms with Crippen LogP contribution in [0.15, 0.2) is 11.4 Å². The summed E-state index contributed by atoms with van der Waals surface area (Å²) < 4.78 is 0. The Kier molecular flexibility index (Phi) is 3.39. The lowest BCUT2D eigenvalue weighted by Crippen LogP contribution is -2.36. The summed E-state index contributed by atoms with van der Waals surface area (Å²) in [5.74, 6) is -0.612. The summed E-state index contributed by atoms with van der Waals surface area (Å²) in [6.07, 6.45) is 5.16. The molecular formula is C15H21NO2S. The van der Waals surface area contributed by atoms with Gasteiger partial charge in [-0.05, 0) is 55.7 Å². The first-order chi connectivity index (χ1) is 9.16. The highest BCUT2D eigenvalue weighted by Gasteiger charge is 2.45. The third kappa shape index (κ3) is 2.11. The zero-order valence-corrected chi connectivity index (χ0v) is 12.2. The normalized spacial score (nSPS) is 31.3. The molecule has 0 bridgehead atoms. The van der Waals surface area contributed by atoms with Crippen LogP contribution in [-0.2, 0) is 11.2 Å². The van der Waals surface area contributed by atoms with E-state index >= 15 is 0 Å². The molecule has 3 nitrogen and oxygen atoms in total. The van der Waals surface area contributed by atoms with Crippen molar-refractivity contribution in [3.63, 3.8) is 0 Å². The molecule has 1 aromatic rings. The topological polar surface area (TPSA) is 40.5 Å². The van der Waals surface area contributed by atoms with Gasteiger partial charge in [-0.25, -0.2) is 0 Å². The Hall–Kier alpha value is -0.870. The fraction of sp³-hybridized carbons (Fsp3) is 0.667. The van der Waals surface area contributed by atoms with Crippen molar-refractivity contribution in [3.05, 3.63) is 21.9 Å². The second-order valence-corrected chi connectivity index (χ2v) is 6.87. The van der Waals surface area contributed by atoms with Crippen LogP contribution in [0.4, 0.5) is 0 Å². The first-order valence-electron chi connectivity index (χ1n) is 7.20. The molecule has 2 unspecified atom stereocenters. The van der Waals surface area contributed by atoms with E-state index in [0.717, 1.165) is 25.9 Å². The molecule has 1 fully saturated rings. The van der Waals surface area contributed by atoms with E-state index in [2.05, 4.69) is 16.3 Å². The van der Waals surface area contributed by atoms with Gasteiger partial charge in [0.05, 0.1) is 5.41 Å². The van der Waals surface area contributed by atoms with Crippen molar-refractivity contribution in [1.29, 1.82) is 0 Å². The predicted octanol–water partition coefficient (Wildman–Crippen LogP) is 3.31. The van der Waals surface area contributed by atoms with Crippen LogP contribution in [0.25, 0.3) is 0 Å². The van der Waals surface area contributed by atoms with Crippen LogP contribution in [0.2, 0.25) is 0 Å².